The van der Waals surface area contributed by atoms with Crippen LogP contribution in [-0.2, 0) is 0 Å². The molecule has 3 nitrogen and oxygen atoms in total. The number of para-hydroxylation sites is 1. The predicted molar refractivity (Wildman–Crippen MR) is 115 cm³/mol. The first-order valence-corrected chi connectivity index (χ1v) is 11.1. The number of rotatable bonds is 4. The molecule has 3 heteroatoms. The molecule has 28 heavy (non-hydrogen) atoms. The molecule has 1 spiro atoms. The summed E-state index contributed by atoms with van der Waals surface area (Å²) in [4.78, 5) is 9.82. The highest BCUT2D eigenvalue weighted by Crippen LogP contribution is 2.57. The molecule has 3 atom stereocenters. The van der Waals surface area contributed by atoms with Crippen molar-refractivity contribution in [2.75, 3.05) is 31.1 Å². The van der Waals surface area contributed by atoms with Gasteiger partial charge in [-0.1, -0.05) is 38.1 Å². The molecule has 148 valence electrons. The van der Waals surface area contributed by atoms with Crippen molar-refractivity contribution in [2.24, 2.45) is 23.2 Å². The van der Waals surface area contributed by atoms with Gasteiger partial charge in [0.1, 0.15) is 0 Å². The Balaban J connectivity index is 1.29. The van der Waals surface area contributed by atoms with E-state index in [1.165, 1.54) is 56.7 Å². The fourth-order valence-corrected chi connectivity index (χ4v) is 6.39. The van der Waals surface area contributed by atoms with E-state index in [0.717, 1.165) is 17.8 Å². The van der Waals surface area contributed by atoms with Gasteiger partial charge in [0.05, 0.1) is 0 Å². The van der Waals surface area contributed by atoms with Crippen molar-refractivity contribution in [3.63, 3.8) is 0 Å². The summed E-state index contributed by atoms with van der Waals surface area (Å²) in [5, 5.41) is 0. The Morgan fingerprint density at radius 3 is 2.32 bits per heavy atom. The van der Waals surface area contributed by atoms with E-state index in [2.05, 4.69) is 77.3 Å². The Hall–Kier alpha value is -1.87. The second-order valence-corrected chi connectivity index (χ2v) is 9.99. The largest absolute Gasteiger partial charge is 0.370 e. The number of hydrogen-bond acceptors (Lipinski definition) is 3. The van der Waals surface area contributed by atoms with Crippen LogP contribution in [0.2, 0.25) is 0 Å². The number of piperidine rings is 1. The van der Waals surface area contributed by atoms with Gasteiger partial charge in [0.2, 0.25) is 0 Å². The Labute approximate surface area is 169 Å². The van der Waals surface area contributed by atoms with Crippen molar-refractivity contribution in [3.05, 3.63) is 60.4 Å². The molecule has 2 aliphatic heterocycles. The van der Waals surface area contributed by atoms with Crippen LogP contribution in [0, 0.1) is 23.2 Å². The zero-order valence-corrected chi connectivity index (χ0v) is 17.3. The lowest BCUT2D eigenvalue weighted by atomic mass is 9.55. The van der Waals surface area contributed by atoms with Gasteiger partial charge in [0.25, 0.3) is 0 Å². The molecular weight excluding hydrogens is 342 g/mol. The lowest BCUT2D eigenvalue weighted by molar-refractivity contribution is -0.0459. The number of likely N-dealkylation sites (tertiary alicyclic amines) is 1. The van der Waals surface area contributed by atoms with Crippen molar-refractivity contribution in [1.29, 1.82) is 0 Å². The summed E-state index contributed by atoms with van der Waals surface area (Å²) in [6.45, 7) is 9.80. The molecule has 3 aliphatic rings. The Kier molecular flexibility index (Phi) is 4.66. The molecule has 1 aliphatic carbocycles. The predicted octanol–water partition coefficient (Wildman–Crippen LogP) is 5.02. The number of hydrogen-bond donors (Lipinski definition) is 0. The molecular formula is C25H33N3. The fourth-order valence-electron chi connectivity index (χ4n) is 6.39. The molecule has 0 bridgehead atoms. The average molecular weight is 376 g/mol. The lowest BCUT2D eigenvalue weighted by Gasteiger charge is -2.62. The highest BCUT2D eigenvalue weighted by Gasteiger charge is 2.55. The van der Waals surface area contributed by atoms with Crippen molar-refractivity contribution in [1.82, 2.24) is 9.88 Å². The SMILES string of the molecule is CC1CC(C)CN(C(c2cccnc2)C2CC3(C2)CN(c2ccccc2)C3)C1. The third-order valence-electron chi connectivity index (χ3n) is 7.33. The number of benzene rings is 1. The van der Waals surface area contributed by atoms with Gasteiger partial charge < -0.3 is 4.90 Å². The molecule has 3 fully saturated rings. The maximum atomic E-state index is 4.47. The van der Waals surface area contributed by atoms with E-state index in [0.29, 0.717) is 11.5 Å². The van der Waals surface area contributed by atoms with Gasteiger partial charge in [-0.3, -0.25) is 9.88 Å². The number of nitrogens with zero attached hydrogens (tertiary/aromatic N) is 3. The normalized spacial score (nSPS) is 28.6. The van der Waals surface area contributed by atoms with E-state index < -0.39 is 0 Å². The quantitative estimate of drug-likeness (QED) is 0.748. The Morgan fingerprint density at radius 1 is 0.964 bits per heavy atom. The van der Waals surface area contributed by atoms with Gasteiger partial charge >= 0.3 is 0 Å². The van der Waals surface area contributed by atoms with Crippen LogP contribution in [0.5, 0.6) is 0 Å². The zero-order valence-electron chi connectivity index (χ0n) is 17.3. The lowest BCUT2D eigenvalue weighted by Crippen LogP contribution is -2.64. The minimum Gasteiger partial charge on any atom is -0.370 e. The first kappa shape index (κ1) is 18.2. The van der Waals surface area contributed by atoms with Crippen molar-refractivity contribution < 1.29 is 0 Å². The van der Waals surface area contributed by atoms with Crippen LogP contribution in [0.25, 0.3) is 0 Å². The highest BCUT2D eigenvalue weighted by molar-refractivity contribution is 5.50. The second-order valence-electron chi connectivity index (χ2n) is 9.99. The minimum atomic E-state index is 0.551. The van der Waals surface area contributed by atoms with Crippen LogP contribution in [-0.4, -0.2) is 36.1 Å². The van der Waals surface area contributed by atoms with E-state index in [1.807, 2.05) is 6.20 Å². The smallest absolute Gasteiger partial charge is 0.0392 e. The maximum absolute atomic E-state index is 4.47. The molecule has 2 saturated heterocycles. The maximum Gasteiger partial charge on any atom is 0.0392 e. The van der Waals surface area contributed by atoms with E-state index in [9.17, 15) is 0 Å². The number of aromatic nitrogens is 1. The highest BCUT2D eigenvalue weighted by atomic mass is 15.2. The summed E-state index contributed by atoms with van der Waals surface area (Å²) in [5.74, 6) is 2.38. The van der Waals surface area contributed by atoms with E-state index >= 15 is 0 Å². The summed E-state index contributed by atoms with van der Waals surface area (Å²) in [6.07, 6.45) is 8.14. The zero-order chi connectivity index (χ0) is 19.1. The van der Waals surface area contributed by atoms with Crippen LogP contribution in [0.3, 0.4) is 0 Å². The molecule has 1 aromatic heterocycles. The molecule has 3 unspecified atom stereocenters. The third kappa shape index (κ3) is 3.34. The number of pyridine rings is 1. The molecule has 1 aromatic carbocycles. The van der Waals surface area contributed by atoms with Crippen LogP contribution in [0.15, 0.2) is 54.9 Å². The summed E-state index contributed by atoms with van der Waals surface area (Å²) in [6, 6.07) is 15.9. The van der Waals surface area contributed by atoms with Crippen LogP contribution < -0.4 is 4.90 Å². The van der Waals surface area contributed by atoms with Gasteiger partial charge in [-0.15, -0.1) is 0 Å². The van der Waals surface area contributed by atoms with Crippen molar-refractivity contribution in [3.8, 4) is 0 Å². The number of anilines is 1. The van der Waals surface area contributed by atoms with Crippen LogP contribution in [0.1, 0.15) is 44.7 Å². The van der Waals surface area contributed by atoms with Gasteiger partial charge in [-0.05, 0) is 60.8 Å². The van der Waals surface area contributed by atoms with Gasteiger partial charge in [-0.25, -0.2) is 0 Å². The van der Waals surface area contributed by atoms with E-state index in [1.54, 1.807) is 0 Å². The molecule has 0 radical (unpaired) electrons. The first-order valence-electron chi connectivity index (χ1n) is 11.1. The average Bonchev–Trinajstić information content (AvgIpc) is 2.63. The molecule has 3 heterocycles. The minimum absolute atomic E-state index is 0.551. The monoisotopic (exact) mass is 375 g/mol. The summed E-state index contributed by atoms with van der Waals surface area (Å²) in [5.41, 5.74) is 3.38. The van der Waals surface area contributed by atoms with Gasteiger partial charge in [-0.2, -0.15) is 0 Å². The van der Waals surface area contributed by atoms with Crippen LogP contribution >= 0.6 is 0 Å². The second kappa shape index (κ2) is 7.18. The molecule has 5 rings (SSSR count). The molecule has 0 N–H and O–H groups in total. The Morgan fingerprint density at radius 2 is 1.68 bits per heavy atom. The topological polar surface area (TPSA) is 19.4 Å². The first-order chi connectivity index (χ1) is 13.6. The third-order valence-corrected chi connectivity index (χ3v) is 7.33. The van der Waals surface area contributed by atoms with Crippen molar-refractivity contribution in [2.45, 2.75) is 39.2 Å². The van der Waals surface area contributed by atoms with Crippen LogP contribution in [0.4, 0.5) is 5.69 Å². The molecule has 0 amide bonds. The summed E-state index contributed by atoms with van der Waals surface area (Å²) < 4.78 is 0. The van der Waals surface area contributed by atoms with Crippen molar-refractivity contribution >= 4 is 5.69 Å². The summed E-state index contributed by atoms with van der Waals surface area (Å²) >= 11 is 0. The standard InChI is InChI=1S/C25H33N3/c1-19-11-20(2)16-27(15-19)24(21-7-6-10-26-14-21)22-12-25(13-22)17-28(18-25)23-8-4-3-5-9-23/h3-10,14,19-20,22,24H,11-13,15-18H2,1-2H3. The summed E-state index contributed by atoms with van der Waals surface area (Å²) in [7, 11) is 0. The van der Waals surface area contributed by atoms with E-state index in [-0.39, 0.29) is 0 Å². The fraction of sp³-hybridized carbons (Fsp3) is 0.560. The van der Waals surface area contributed by atoms with Gasteiger partial charge in [0.15, 0.2) is 0 Å². The molecule has 2 aromatic rings. The molecule has 1 saturated carbocycles. The Bertz CT molecular complexity index is 766. The van der Waals surface area contributed by atoms with Gasteiger partial charge in [0, 0.05) is 55.7 Å². The van der Waals surface area contributed by atoms with E-state index in [4.69, 9.17) is 0 Å².